The second-order valence-electron chi connectivity index (χ2n) is 7.64. The third-order valence-electron chi connectivity index (χ3n) is 5.09. The highest BCUT2D eigenvalue weighted by Gasteiger charge is 2.15. The van der Waals surface area contributed by atoms with Crippen LogP contribution in [0.15, 0.2) is 83.4 Å². The van der Waals surface area contributed by atoms with Gasteiger partial charge in [-0.15, -0.1) is 0 Å². The Kier molecular flexibility index (Phi) is 6.90. The van der Waals surface area contributed by atoms with E-state index in [9.17, 15) is 9.59 Å². The van der Waals surface area contributed by atoms with Crippen LogP contribution in [0, 0.1) is 6.92 Å². The Morgan fingerprint density at radius 3 is 2.42 bits per heavy atom. The maximum Gasteiger partial charge on any atom is 0.253 e. The van der Waals surface area contributed by atoms with Crippen molar-refractivity contribution in [2.24, 2.45) is 0 Å². The lowest BCUT2D eigenvalue weighted by Gasteiger charge is -2.11. The summed E-state index contributed by atoms with van der Waals surface area (Å²) in [5.74, 6) is 0.378. The number of aryl methyl sites for hydroxylation is 2. The molecular weight excluding hydrogens is 416 g/mol. The Morgan fingerprint density at radius 2 is 1.64 bits per heavy atom. The number of nitrogens with one attached hydrogen (secondary N) is 2. The molecule has 2 N–H and O–H groups in total. The molecule has 0 aliphatic rings. The first-order chi connectivity index (χ1) is 16.1. The molecule has 0 spiro atoms. The summed E-state index contributed by atoms with van der Waals surface area (Å²) in [5.41, 5.74) is 3.86. The Balaban J connectivity index is 1.33. The van der Waals surface area contributed by atoms with Crippen LogP contribution >= 0.6 is 0 Å². The first kappa shape index (κ1) is 22.0. The number of rotatable bonds is 8. The van der Waals surface area contributed by atoms with Crippen LogP contribution in [0.25, 0.3) is 11.4 Å². The van der Waals surface area contributed by atoms with E-state index in [0.29, 0.717) is 35.9 Å². The zero-order valence-corrected chi connectivity index (χ0v) is 18.2. The quantitative estimate of drug-likeness (QED) is 0.419. The molecule has 33 heavy (non-hydrogen) atoms. The molecule has 0 aliphatic heterocycles. The van der Waals surface area contributed by atoms with Crippen LogP contribution in [0.3, 0.4) is 0 Å². The molecule has 0 atom stereocenters. The Bertz CT molecular complexity index is 1230. The molecule has 1 aromatic heterocycles. The molecule has 0 saturated carbocycles. The summed E-state index contributed by atoms with van der Waals surface area (Å²) in [5, 5.41) is 9.69. The van der Waals surface area contributed by atoms with Crippen molar-refractivity contribution in [3.63, 3.8) is 0 Å². The molecule has 166 valence electrons. The van der Waals surface area contributed by atoms with E-state index in [-0.39, 0.29) is 18.2 Å². The van der Waals surface area contributed by atoms with Gasteiger partial charge in [0.05, 0.1) is 11.3 Å². The molecule has 0 bridgehead atoms. The summed E-state index contributed by atoms with van der Waals surface area (Å²) in [6, 6.07) is 24.4. The van der Waals surface area contributed by atoms with E-state index in [1.807, 2.05) is 61.5 Å². The fourth-order valence-electron chi connectivity index (χ4n) is 3.27. The summed E-state index contributed by atoms with van der Waals surface area (Å²) < 4.78 is 5.28. The van der Waals surface area contributed by atoms with Gasteiger partial charge in [0.25, 0.3) is 5.91 Å². The van der Waals surface area contributed by atoms with Gasteiger partial charge in [-0.2, -0.15) is 4.98 Å². The molecule has 0 fully saturated rings. The number of hydrogen-bond donors (Lipinski definition) is 2. The average Bonchev–Trinajstić information content (AvgIpc) is 3.32. The van der Waals surface area contributed by atoms with Crippen molar-refractivity contribution in [2.75, 3.05) is 5.32 Å². The van der Waals surface area contributed by atoms with Gasteiger partial charge < -0.3 is 15.2 Å². The molecule has 1 heterocycles. The minimum absolute atomic E-state index is 0.148. The van der Waals surface area contributed by atoms with Crippen LogP contribution in [-0.2, 0) is 17.8 Å². The van der Waals surface area contributed by atoms with E-state index in [1.54, 1.807) is 24.3 Å². The van der Waals surface area contributed by atoms with Gasteiger partial charge in [0, 0.05) is 24.9 Å². The molecule has 4 aromatic rings. The molecule has 7 nitrogen and oxygen atoms in total. The van der Waals surface area contributed by atoms with Crippen LogP contribution in [0.1, 0.15) is 33.8 Å². The number of benzene rings is 3. The smallest absolute Gasteiger partial charge is 0.253 e. The summed E-state index contributed by atoms with van der Waals surface area (Å²) >= 11 is 0. The second kappa shape index (κ2) is 10.4. The Labute approximate surface area is 191 Å². The summed E-state index contributed by atoms with van der Waals surface area (Å²) in [6.45, 7) is 2.41. The lowest BCUT2D eigenvalue weighted by Crippen LogP contribution is -2.24. The minimum Gasteiger partial charge on any atom is -0.348 e. The lowest BCUT2D eigenvalue weighted by molar-refractivity contribution is -0.116. The monoisotopic (exact) mass is 440 g/mol. The number of carbonyl (C=O) groups is 2. The molecule has 4 rings (SSSR count). The Hall–Kier alpha value is -4.26. The van der Waals surface area contributed by atoms with Gasteiger partial charge in [-0.25, -0.2) is 0 Å². The van der Waals surface area contributed by atoms with Crippen molar-refractivity contribution in [3.8, 4) is 11.4 Å². The molecule has 0 aliphatic carbocycles. The van der Waals surface area contributed by atoms with Crippen LogP contribution in [0.4, 0.5) is 5.69 Å². The van der Waals surface area contributed by atoms with Crippen molar-refractivity contribution in [1.29, 1.82) is 0 Å². The van der Waals surface area contributed by atoms with Crippen LogP contribution in [-0.4, -0.2) is 22.0 Å². The van der Waals surface area contributed by atoms with Gasteiger partial charge in [0.15, 0.2) is 0 Å². The predicted molar refractivity (Wildman–Crippen MR) is 125 cm³/mol. The topological polar surface area (TPSA) is 97.1 Å². The standard InChI is InChI=1S/C26H24N4O3/c1-18-11-13-20(14-12-18)25-29-24(33-30-25)16-15-23(31)28-22-10-6-5-9-21(22)26(32)27-17-19-7-3-2-4-8-19/h2-14H,15-17H2,1H3,(H,27,32)(H,28,31). The highest BCUT2D eigenvalue weighted by Crippen LogP contribution is 2.18. The number of hydrogen-bond acceptors (Lipinski definition) is 5. The first-order valence-electron chi connectivity index (χ1n) is 10.7. The van der Waals surface area contributed by atoms with E-state index >= 15 is 0 Å². The third kappa shape index (κ3) is 5.92. The molecular formula is C26H24N4O3. The van der Waals surface area contributed by atoms with Crippen LogP contribution in [0.5, 0.6) is 0 Å². The van der Waals surface area contributed by atoms with Crippen molar-refractivity contribution >= 4 is 17.5 Å². The molecule has 0 unspecified atom stereocenters. The van der Waals surface area contributed by atoms with Gasteiger partial charge >= 0.3 is 0 Å². The van der Waals surface area contributed by atoms with Crippen LogP contribution in [0.2, 0.25) is 0 Å². The number of amides is 2. The lowest BCUT2D eigenvalue weighted by atomic mass is 10.1. The predicted octanol–water partition coefficient (Wildman–Crippen LogP) is 4.55. The maximum atomic E-state index is 12.7. The first-order valence-corrected chi connectivity index (χ1v) is 10.7. The van der Waals surface area contributed by atoms with Crippen molar-refractivity contribution in [1.82, 2.24) is 15.5 Å². The minimum atomic E-state index is -0.255. The Morgan fingerprint density at radius 1 is 0.909 bits per heavy atom. The number of anilines is 1. The zero-order valence-electron chi connectivity index (χ0n) is 18.2. The van der Waals surface area contributed by atoms with E-state index in [1.165, 1.54) is 0 Å². The van der Waals surface area contributed by atoms with Crippen molar-refractivity contribution < 1.29 is 14.1 Å². The number of para-hydroxylation sites is 1. The van der Waals surface area contributed by atoms with Crippen molar-refractivity contribution in [2.45, 2.75) is 26.3 Å². The van der Waals surface area contributed by atoms with Crippen LogP contribution < -0.4 is 10.6 Å². The summed E-state index contributed by atoms with van der Waals surface area (Å²) in [7, 11) is 0. The number of aromatic nitrogens is 2. The highest BCUT2D eigenvalue weighted by atomic mass is 16.5. The second-order valence-corrected chi connectivity index (χ2v) is 7.64. The molecule has 0 saturated heterocycles. The fourth-order valence-corrected chi connectivity index (χ4v) is 3.27. The number of nitrogens with zero attached hydrogens (tertiary/aromatic N) is 2. The van der Waals surface area contributed by atoms with E-state index in [4.69, 9.17) is 4.52 Å². The highest BCUT2D eigenvalue weighted by molar-refractivity contribution is 6.03. The largest absolute Gasteiger partial charge is 0.348 e. The summed E-state index contributed by atoms with van der Waals surface area (Å²) in [4.78, 5) is 29.6. The summed E-state index contributed by atoms with van der Waals surface area (Å²) in [6.07, 6.45) is 0.447. The van der Waals surface area contributed by atoms with E-state index in [2.05, 4.69) is 20.8 Å². The molecule has 3 aromatic carbocycles. The average molecular weight is 441 g/mol. The molecule has 7 heteroatoms. The van der Waals surface area contributed by atoms with Gasteiger partial charge in [-0.05, 0) is 24.6 Å². The fraction of sp³-hybridized carbons (Fsp3) is 0.154. The van der Waals surface area contributed by atoms with Gasteiger partial charge in [0.2, 0.25) is 17.6 Å². The SMILES string of the molecule is Cc1ccc(-c2noc(CCC(=O)Nc3ccccc3C(=O)NCc3ccccc3)n2)cc1. The number of carbonyl (C=O) groups excluding carboxylic acids is 2. The zero-order chi connectivity index (χ0) is 23.0. The van der Waals surface area contributed by atoms with Gasteiger partial charge in [-0.3, -0.25) is 9.59 Å². The van der Waals surface area contributed by atoms with Gasteiger partial charge in [0.1, 0.15) is 0 Å². The van der Waals surface area contributed by atoms with E-state index < -0.39 is 0 Å². The molecule has 2 amide bonds. The molecule has 0 radical (unpaired) electrons. The van der Waals surface area contributed by atoms with Crippen molar-refractivity contribution in [3.05, 3.63) is 101 Å². The van der Waals surface area contributed by atoms with Gasteiger partial charge in [-0.1, -0.05) is 77.5 Å². The maximum absolute atomic E-state index is 12.7. The normalized spacial score (nSPS) is 10.6. The third-order valence-corrected chi connectivity index (χ3v) is 5.09. The van der Waals surface area contributed by atoms with E-state index in [0.717, 1.165) is 16.7 Å².